The number of aromatic amines is 2. The van der Waals surface area contributed by atoms with Crippen LogP contribution in [0.2, 0.25) is 0 Å². The molecule has 2 aliphatic heterocycles. The number of nitrogens with zero attached hydrogens (tertiary/aromatic N) is 2. The third-order valence-electron chi connectivity index (χ3n) is 16.6. The van der Waals surface area contributed by atoms with Gasteiger partial charge in [0, 0.05) is 92.8 Å². The second-order valence-corrected chi connectivity index (χ2v) is 23.7. The van der Waals surface area contributed by atoms with Gasteiger partial charge in [-0.25, -0.2) is 9.97 Å². The summed E-state index contributed by atoms with van der Waals surface area (Å²) in [5.41, 5.74) is 16.2. The number of amides is 4. The van der Waals surface area contributed by atoms with E-state index in [1.165, 1.54) is 25.7 Å². The predicted octanol–water partition coefficient (Wildman–Crippen LogP) is 20.5. The van der Waals surface area contributed by atoms with Gasteiger partial charge in [0.25, 0.3) is 0 Å². The fourth-order valence-corrected chi connectivity index (χ4v) is 11.8. The summed E-state index contributed by atoms with van der Waals surface area (Å²) >= 11 is 0. The molecule has 88 heavy (non-hydrogen) atoms. The van der Waals surface area contributed by atoms with Crippen LogP contribution >= 0.6 is 0 Å². The Hall–Kier alpha value is -8.64. The Balaban J connectivity index is 1.19. The molecule has 12 nitrogen and oxygen atoms in total. The Morgan fingerprint density at radius 3 is 0.693 bits per heavy atom. The lowest BCUT2D eigenvalue weighted by atomic mass is 10.0. The number of hydrogen-bond acceptors (Lipinski definition) is 6. The van der Waals surface area contributed by atoms with Crippen molar-refractivity contribution in [1.82, 2.24) is 19.9 Å². The van der Waals surface area contributed by atoms with Crippen LogP contribution in [-0.4, -0.2) is 43.6 Å². The number of unbranched alkanes of at least 4 members (excludes halogenated alkanes) is 16. The molecule has 0 fully saturated rings. The largest absolute Gasteiger partial charge is 0.354 e. The molecule has 4 amide bonds. The first-order chi connectivity index (χ1) is 43.1. The third kappa shape index (κ3) is 17.8. The van der Waals surface area contributed by atoms with Crippen LogP contribution < -0.4 is 21.3 Å². The molecule has 4 aromatic carbocycles. The highest BCUT2D eigenvalue weighted by molar-refractivity contribution is 6.01. The maximum absolute atomic E-state index is 13.1. The molecule has 0 radical (unpaired) electrons. The lowest BCUT2D eigenvalue weighted by Crippen LogP contribution is -2.10. The normalized spacial score (nSPS) is 11.7. The third-order valence-corrected chi connectivity index (χ3v) is 16.6. The van der Waals surface area contributed by atoms with E-state index in [9.17, 15) is 19.2 Å². The predicted molar refractivity (Wildman–Crippen MR) is 369 cm³/mol. The Bertz CT molecular complexity index is 3230. The minimum absolute atomic E-state index is 0.00832. The van der Waals surface area contributed by atoms with Crippen LogP contribution in [0, 0.1) is 0 Å². The highest BCUT2D eigenvalue weighted by Gasteiger charge is 2.20. The van der Waals surface area contributed by atoms with Crippen molar-refractivity contribution >= 4 is 92.7 Å². The van der Waals surface area contributed by atoms with Crippen LogP contribution in [0.1, 0.15) is 205 Å². The van der Waals surface area contributed by atoms with Crippen LogP contribution in [0.5, 0.6) is 0 Å². The van der Waals surface area contributed by atoms with Crippen molar-refractivity contribution in [3.63, 3.8) is 0 Å². The van der Waals surface area contributed by atoms with Gasteiger partial charge in [0.2, 0.25) is 23.6 Å². The molecule has 0 saturated carbocycles. The molecule has 0 saturated heterocycles. The van der Waals surface area contributed by atoms with E-state index in [-0.39, 0.29) is 23.6 Å². The number of nitrogens with one attached hydrogen (secondary N) is 6. The van der Waals surface area contributed by atoms with Crippen molar-refractivity contribution in [1.29, 1.82) is 0 Å². The Morgan fingerprint density at radius 2 is 0.489 bits per heavy atom. The van der Waals surface area contributed by atoms with Gasteiger partial charge in [0.05, 0.1) is 22.8 Å². The molecule has 9 rings (SSSR count). The van der Waals surface area contributed by atoms with Crippen molar-refractivity contribution in [2.24, 2.45) is 0 Å². The summed E-state index contributed by atoms with van der Waals surface area (Å²) in [6.45, 7) is 8.78. The molecule has 0 unspecified atom stereocenters. The Labute approximate surface area is 521 Å². The zero-order valence-corrected chi connectivity index (χ0v) is 52.4. The van der Waals surface area contributed by atoms with Crippen LogP contribution in [0.3, 0.4) is 0 Å². The van der Waals surface area contributed by atoms with E-state index in [0.717, 1.165) is 215 Å². The lowest BCUT2D eigenvalue weighted by molar-refractivity contribution is -0.117. The summed E-state index contributed by atoms with van der Waals surface area (Å²) in [6.07, 6.45) is 31.7. The topological polar surface area (TPSA) is 174 Å². The first-order valence-corrected chi connectivity index (χ1v) is 32.9. The van der Waals surface area contributed by atoms with Crippen molar-refractivity contribution < 1.29 is 19.2 Å². The number of fused-ring (bicyclic) bond motifs is 8. The van der Waals surface area contributed by atoms with Gasteiger partial charge in [-0.15, -0.1) is 0 Å². The molecule has 6 N–H and O–H groups in total. The number of carbonyl (C=O) groups is 4. The number of anilines is 4. The van der Waals surface area contributed by atoms with E-state index < -0.39 is 0 Å². The van der Waals surface area contributed by atoms with Crippen LogP contribution in [-0.2, 0) is 19.2 Å². The van der Waals surface area contributed by atoms with Crippen LogP contribution in [0.4, 0.5) is 22.7 Å². The number of H-pyrrole nitrogens is 2. The standard InChI is InChI=1S/C76H90N8O4/c1-5-9-13-17-21-25-69(85)77-57-37-29-53(30-38-57)73-61-45-47-63(81-61)74(54-31-39-58(40-32-54)78-70(86)26-22-18-14-10-6-2)65-49-51-67(83-65)76(56-35-43-60(44-36-56)80-72(88)28-24-20-16-12-8-4)68-52-50-66(84-68)75(64-48-46-62(73)82-64)55-33-41-59(42-34-55)79-71(87)27-23-19-15-11-7-3/h29-52,81,84H,5-28H2,1-4H3,(H,77,85)(H,78,86)(H,79,87)(H,80,88). The minimum atomic E-state index is 0.00832. The lowest BCUT2D eigenvalue weighted by Gasteiger charge is -2.10. The number of aromatic nitrogens is 4. The molecule has 0 atom stereocenters. The Morgan fingerprint density at radius 1 is 0.284 bits per heavy atom. The first kappa shape index (κ1) is 63.9. The molecule has 458 valence electrons. The molecule has 0 aliphatic carbocycles. The Kier molecular flexibility index (Phi) is 23.9. The highest BCUT2D eigenvalue weighted by Crippen LogP contribution is 2.40. The van der Waals surface area contributed by atoms with Gasteiger partial charge < -0.3 is 31.2 Å². The van der Waals surface area contributed by atoms with Gasteiger partial charge in [0.1, 0.15) is 0 Å². The fraction of sp³-hybridized carbons (Fsp3) is 0.368. The summed E-state index contributed by atoms with van der Waals surface area (Å²) in [5, 5.41) is 12.5. The van der Waals surface area contributed by atoms with Gasteiger partial charge >= 0.3 is 0 Å². The second kappa shape index (κ2) is 32.9. The van der Waals surface area contributed by atoms with Crippen molar-refractivity contribution in [3.8, 4) is 44.5 Å². The van der Waals surface area contributed by atoms with Crippen molar-refractivity contribution in [2.45, 2.75) is 182 Å². The van der Waals surface area contributed by atoms with Crippen LogP contribution in [0.25, 0.3) is 90.9 Å². The molecule has 3 aromatic heterocycles. The maximum Gasteiger partial charge on any atom is 0.224 e. The average molecular weight is 1180 g/mol. The quantitative estimate of drug-likeness (QED) is 0.0229. The molecule has 7 aromatic rings. The summed E-state index contributed by atoms with van der Waals surface area (Å²) in [6, 6.07) is 40.4. The highest BCUT2D eigenvalue weighted by atomic mass is 16.2. The molecule has 12 heteroatoms. The van der Waals surface area contributed by atoms with E-state index in [1.807, 2.05) is 97.1 Å². The molecule has 2 aliphatic rings. The summed E-state index contributed by atoms with van der Waals surface area (Å²) in [4.78, 5) is 71.3. The van der Waals surface area contributed by atoms with Gasteiger partial charge in [-0.2, -0.15) is 0 Å². The van der Waals surface area contributed by atoms with Crippen molar-refractivity contribution in [3.05, 3.63) is 144 Å². The number of benzene rings is 4. The molecular formula is C76H90N8O4. The smallest absolute Gasteiger partial charge is 0.224 e. The molecule has 0 spiro atoms. The van der Waals surface area contributed by atoms with Crippen molar-refractivity contribution in [2.75, 3.05) is 21.3 Å². The van der Waals surface area contributed by atoms with Crippen LogP contribution in [0.15, 0.2) is 121 Å². The maximum atomic E-state index is 13.1. The van der Waals surface area contributed by atoms with Gasteiger partial charge in [-0.05, 0) is 145 Å². The molecule has 8 bridgehead atoms. The monoisotopic (exact) mass is 1180 g/mol. The zero-order valence-electron chi connectivity index (χ0n) is 52.4. The number of hydrogen-bond donors (Lipinski definition) is 6. The zero-order chi connectivity index (χ0) is 61.5. The minimum Gasteiger partial charge on any atom is -0.354 e. The van der Waals surface area contributed by atoms with E-state index >= 15 is 0 Å². The summed E-state index contributed by atoms with van der Waals surface area (Å²) < 4.78 is 0. The van der Waals surface area contributed by atoms with Gasteiger partial charge in [-0.3, -0.25) is 19.2 Å². The van der Waals surface area contributed by atoms with E-state index in [1.54, 1.807) is 0 Å². The summed E-state index contributed by atoms with van der Waals surface area (Å²) in [5.74, 6) is 0.0333. The van der Waals surface area contributed by atoms with E-state index in [2.05, 4.69) is 107 Å². The average Bonchev–Trinajstić information content (AvgIpc) is 2.61. The molecule has 5 heterocycles. The fourth-order valence-electron chi connectivity index (χ4n) is 11.8. The number of carbonyl (C=O) groups excluding carboxylic acids is 4. The molecular weight excluding hydrogens is 1090 g/mol. The number of rotatable bonds is 32. The SMILES string of the molecule is CCCCCCCC(=O)Nc1ccc(-c2c3nc(c(-c4ccc(NC(=O)CCCCCCC)cc4)c4ccc([nH]4)c(-c4ccc(NC(=O)CCCCCCC)cc4)c4nc(c(-c5ccc(NC(=O)CCCCCCC)cc5)c5ccc2[nH]5)C=C4)C=C3)cc1. The first-order valence-electron chi connectivity index (χ1n) is 32.9. The van der Waals surface area contributed by atoms with Gasteiger partial charge in [0.15, 0.2) is 0 Å². The van der Waals surface area contributed by atoms with E-state index in [0.29, 0.717) is 25.7 Å². The van der Waals surface area contributed by atoms with Gasteiger partial charge in [-0.1, -0.05) is 179 Å². The summed E-state index contributed by atoms with van der Waals surface area (Å²) in [7, 11) is 0. The second-order valence-electron chi connectivity index (χ2n) is 23.7. The van der Waals surface area contributed by atoms with E-state index in [4.69, 9.17) is 9.97 Å².